The molecule has 0 spiro atoms. The maximum atomic E-state index is 11.5. The molecule has 0 aliphatic rings. The zero-order valence-corrected chi connectivity index (χ0v) is 11.4. The van der Waals surface area contributed by atoms with Gasteiger partial charge in [-0.05, 0) is 31.2 Å². The van der Waals surface area contributed by atoms with Crippen molar-refractivity contribution >= 4 is 11.7 Å². The van der Waals surface area contributed by atoms with E-state index in [1.807, 2.05) is 24.3 Å². The minimum atomic E-state index is -0.396. The molecule has 4 nitrogen and oxygen atoms in total. The normalized spacial score (nSPS) is 9.85. The number of carbonyl (C=O) groups excluding carboxylic acids is 1. The number of benzene rings is 1. The van der Waals surface area contributed by atoms with Gasteiger partial charge in [-0.15, -0.1) is 6.42 Å². The van der Waals surface area contributed by atoms with Gasteiger partial charge in [0.2, 0.25) is 0 Å². The fourth-order valence-electron chi connectivity index (χ4n) is 1.85. The van der Waals surface area contributed by atoms with Crippen molar-refractivity contribution in [3.8, 4) is 12.3 Å². The van der Waals surface area contributed by atoms with Gasteiger partial charge in [-0.1, -0.05) is 12.0 Å². The van der Waals surface area contributed by atoms with Gasteiger partial charge in [0.25, 0.3) is 0 Å². The van der Waals surface area contributed by atoms with Gasteiger partial charge >= 0.3 is 5.97 Å². The fourth-order valence-corrected chi connectivity index (χ4v) is 1.85. The molecule has 1 aromatic heterocycles. The molecule has 0 saturated heterocycles. The Morgan fingerprint density at radius 1 is 1.45 bits per heavy atom. The number of ether oxygens (including phenoxy) is 1. The van der Waals surface area contributed by atoms with Crippen LogP contribution < -0.4 is 5.32 Å². The molecule has 0 aliphatic heterocycles. The van der Waals surface area contributed by atoms with Gasteiger partial charge in [0.05, 0.1) is 13.7 Å². The predicted molar refractivity (Wildman–Crippen MR) is 76.5 cm³/mol. The van der Waals surface area contributed by atoms with Crippen molar-refractivity contribution in [2.24, 2.45) is 0 Å². The molecule has 0 fully saturated rings. The minimum absolute atomic E-state index is 0.396. The Hall–Kier alpha value is -2.67. The summed E-state index contributed by atoms with van der Waals surface area (Å²) < 4.78 is 10.2. The van der Waals surface area contributed by atoms with Crippen LogP contribution in [0.2, 0.25) is 0 Å². The number of hydrogen-bond acceptors (Lipinski definition) is 4. The van der Waals surface area contributed by atoms with Crippen LogP contribution in [-0.2, 0) is 11.3 Å². The summed E-state index contributed by atoms with van der Waals surface area (Å²) in [6, 6.07) is 9.20. The molecule has 20 heavy (non-hydrogen) atoms. The Kier molecular flexibility index (Phi) is 4.11. The lowest BCUT2D eigenvalue weighted by Crippen LogP contribution is -2.01. The summed E-state index contributed by atoms with van der Waals surface area (Å²) >= 11 is 0. The molecule has 0 amide bonds. The maximum Gasteiger partial charge on any atom is 0.341 e. The number of aryl methyl sites for hydroxylation is 1. The van der Waals surface area contributed by atoms with E-state index in [4.69, 9.17) is 10.8 Å². The van der Waals surface area contributed by atoms with Crippen LogP contribution in [0.1, 0.15) is 27.4 Å². The highest BCUT2D eigenvalue weighted by Crippen LogP contribution is 2.17. The highest BCUT2D eigenvalue weighted by molar-refractivity contribution is 5.90. The average Bonchev–Trinajstić information content (AvgIpc) is 2.85. The number of terminal acetylenes is 1. The van der Waals surface area contributed by atoms with E-state index in [-0.39, 0.29) is 0 Å². The lowest BCUT2D eigenvalue weighted by molar-refractivity contribution is 0.0599. The summed E-state index contributed by atoms with van der Waals surface area (Å²) in [6.07, 6.45) is 5.35. The number of nitrogens with one attached hydrogen (secondary N) is 1. The zero-order valence-electron chi connectivity index (χ0n) is 11.4. The van der Waals surface area contributed by atoms with Gasteiger partial charge in [-0.2, -0.15) is 0 Å². The van der Waals surface area contributed by atoms with Crippen LogP contribution in [0.4, 0.5) is 5.69 Å². The first-order valence-electron chi connectivity index (χ1n) is 6.12. The Bertz CT molecular complexity index is 665. The average molecular weight is 269 g/mol. The number of esters is 1. The molecule has 0 aliphatic carbocycles. The van der Waals surface area contributed by atoms with E-state index < -0.39 is 5.97 Å². The van der Waals surface area contributed by atoms with Gasteiger partial charge in [0.1, 0.15) is 17.1 Å². The molecular weight excluding hydrogens is 254 g/mol. The van der Waals surface area contributed by atoms with E-state index >= 15 is 0 Å². The maximum absolute atomic E-state index is 11.5. The van der Waals surface area contributed by atoms with Gasteiger partial charge in [-0.25, -0.2) is 4.79 Å². The van der Waals surface area contributed by atoms with E-state index in [0.717, 1.165) is 11.3 Å². The molecule has 2 rings (SSSR count). The molecular formula is C16H15NO3. The third-order valence-corrected chi connectivity index (χ3v) is 2.87. The number of rotatable bonds is 4. The molecule has 0 atom stereocenters. The second-order valence-corrected chi connectivity index (χ2v) is 4.25. The zero-order chi connectivity index (χ0) is 14.5. The van der Waals surface area contributed by atoms with Gasteiger partial charge in [0, 0.05) is 11.3 Å². The molecule has 2 aromatic rings. The lowest BCUT2D eigenvalue weighted by Gasteiger charge is -2.04. The standard InChI is InChI=1S/C16H15NO3/c1-4-12-6-5-7-13(8-12)17-10-14-9-15(11(2)20-14)16(18)19-3/h1,5-9,17H,10H2,2-3H3. The topological polar surface area (TPSA) is 51.5 Å². The molecule has 1 aromatic carbocycles. The Morgan fingerprint density at radius 3 is 2.95 bits per heavy atom. The summed E-state index contributed by atoms with van der Waals surface area (Å²) in [6.45, 7) is 2.20. The molecule has 1 heterocycles. The monoisotopic (exact) mass is 269 g/mol. The first-order valence-corrected chi connectivity index (χ1v) is 6.12. The largest absolute Gasteiger partial charge is 0.465 e. The van der Waals surface area contributed by atoms with Crippen molar-refractivity contribution in [2.45, 2.75) is 13.5 Å². The Labute approximate surface area is 117 Å². The molecule has 0 unspecified atom stereocenters. The Balaban J connectivity index is 2.08. The van der Waals surface area contributed by atoms with Gasteiger partial charge in [0.15, 0.2) is 0 Å². The lowest BCUT2D eigenvalue weighted by atomic mass is 10.2. The van der Waals surface area contributed by atoms with Gasteiger partial charge in [-0.3, -0.25) is 0 Å². The van der Waals surface area contributed by atoms with E-state index in [1.165, 1.54) is 7.11 Å². The quantitative estimate of drug-likeness (QED) is 0.685. The minimum Gasteiger partial charge on any atom is -0.465 e. The molecule has 0 radical (unpaired) electrons. The fraction of sp³-hybridized carbons (Fsp3) is 0.188. The van der Waals surface area contributed by atoms with E-state index in [0.29, 0.717) is 23.6 Å². The van der Waals surface area contributed by atoms with E-state index in [1.54, 1.807) is 13.0 Å². The van der Waals surface area contributed by atoms with Crippen LogP contribution in [0.25, 0.3) is 0 Å². The first-order chi connectivity index (χ1) is 9.63. The summed E-state index contributed by atoms with van der Waals surface area (Å²) in [5, 5.41) is 3.19. The number of furan rings is 1. The second kappa shape index (κ2) is 5.98. The number of anilines is 1. The Morgan fingerprint density at radius 2 is 2.25 bits per heavy atom. The van der Waals surface area contributed by atoms with Crippen LogP contribution >= 0.6 is 0 Å². The molecule has 1 N–H and O–H groups in total. The summed E-state index contributed by atoms with van der Waals surface area (Å²) in [4.78, 5) is 11.5. The van der Waals surface area contributed by atoms with E-state index in [2.05, 4.69) is 16.0 Å². The third-order valence-electron chi connectivity index (χ3n) is 2.87. The van der Waals surface area contributed by atoms with Crippen molar-refractivity contribution in [2.75, 3.05) is 12.4 Å². The van der Waals surface area contributed by atoms with Crippen LogP contribution in [0.5, 0.6) is 0 Å². The van der Waals surface area contributed by atoms with Crippen LogP contribution in [-0.4, -0.2) is 13.1 Å². The third kappa shape index (κ3) is 3.01. The highest BCUT2D eigenvalue weighted by atomic mass is 16.5. The summed E-state index contributed by atoms with van der Waals surface area (Å²) in [5.41, 5.74) is 2.15. The molecule has 4 heteroatoms. The summed E-state index contributed by atoms with van der Waals surface area (Å²) in [7, 11) is 1.35. The summed E-state index contributed by atoms with van der Waals surface area (Å²) in [5.74, 6) is 3.39. The van der Waals surface area contributed by atoms with Crippen molar-refractivity contribution < 1.29 is 13.9 Å². The predicted octanol–water partition coefficient (Wildman–Crippen LogP) is 2.97. The number of methoxy groups -OCH3 is 1. The van der Waals surface area contributed by atoms with Crippen molar-refractivity contribution in [1.29, 1.82) is 0 Å². The number of carbonyl (C=O) groups is 1. The van der Waals surface area contributed by atoms with Crippen LogP contribution in [0.15, 0.2) is 34.7 Å². The van der Waals surface area contributed by atoms with Crippen molar-refractivity contribution in [3.63, 3.8) is 0 Å². The molecule has 0 bridgehead atoms. The van der Waals surface area contributed by atoms with Crippen molar-refractivity contribution in [1.82, 2.24) is 0 Å². The van der Waals surface area contributed by atoms with Crippen LogP contribution in [0.3, 0.4) is 0 Å². The molecule has 102 valence electrons. The van der Waals surface area contributed by atoms with E-state index in [9.17, 15) is 4.79 Å². The SMILES string of the molecule is C#Cc1cccc(NCc2cc(C(=O)OC)c(C)o2)c1. The number of hydrogen-bond donors (Lipinski definition) is 1. The van der Waals surface area contributed by atoms with Crippen molar-refractivity contribution in [3.05, 3.63) is 53.0 Å². The second-order valence-electron chi connectivity index (χ2n) is 4.25. The first kappa shape index (κ1) is 13.8. The smallest absolute Gasteiger partial charge is 0.341 e. The molecule has 0 saturated carbocycles. The van der Waals surface area contributed by atoms with Crippen LogP contribution in [0, 0.1) is 19.3 Å². The van der Waals surface area contributed by atoms with Gasteiger partial charge < -0.3 is 14.5 Å². The highest BCUT2D eigenvalue weighted by Gasteiger charge is 2.14.